The van der Waals surface area contributed by atoms with Crippen LogP contribution in [0.25, 0.3) is 0 Å². The predicted molar refractivity (Wildman–Crippen MR) is 161 cm³/mol. The second kappa shape index (κ2) is 11.5. The highest BCUT2D eigenvalue weighted by Gasteiger charge is 2.80. The molecule has 1 spiro atoms. The number of likely N-dealkylation sites (tertiary alicyclic amines) is 1. The van der Waals surface area contributed by atoms with Crippen molar-refractivity contribution < 1.29 is 24.2 Å². The van der Waals surface area contributed by atoms with Crippen molar-refractivity contribution in [2.75, 3.05) is 31.6 Å². The number of anilines is 1. The van der Waals surface area contributed by atoms with Crippen LogP contribution < -0.4 is 4.90 Å². The highest BCUT2D eigenvalue weighted by atomic mass is 35.5. The molecule has 1 aromatic rings. The lowest BCUT2D eigenvalue weighted by Crippen LogP contribution is -2.60. The van der Waals surface area contributed by atoms with Crippen molar-refractivity contribution in [3.05, 3.63) is 54.1 Å². The Morgan fingerprint density at radius 1 is 1.27 bits per heavy atom. The molecular weight excluding hydrogens is 542 g/mol. The molecule has 3 heterocycles. The van der Waals surface area contributed by atoms with Crippen LogP contribution in [0, 0.1) is 30.6 Å². The number of hydrogen-bond acceptors (Lipinski definition) is 5. The fourth-order valence-corrected chi connectivity index (χ4v) is 7.88. The summed E-state index contributed by atoms with van der Waals surface area (Å²) in [5.41, 5.74) is -0.839. The van der Waals surface area contributed by atoms with Crippen LogP contribution >= 0.6 is 11.6 Å². The van der Waals surface area contributed by atoms with Crippen LogP contribution in [0.15, 0.2) is 43.5 Å². The maximum atomic E-state index is 14.9. The first-order valence-corrected chi connectivity index (χ1v) is 14.9. The zero-order valence-electron chi connectivity index (χ0n) is 25.1. The number of aliphatic hydroxyl groups is 1. The zero-order valence-corrected chi connectivity index (χ0v) is 25.9. The van der Waals surface area contributed by atoms with Crippen molar-refractivity contribution in [1.82, 2.24) is 9.80 Å². The van der Waals surface area contributed by atoms with E-state index in [1.54, 1.807) is 40.0 Å². The van der Waals surface area contributed by atoms with E-state index in [-0.39, 0.29) is 42.7 Å². The van der Waals surface area contributed by atoms with Gasteiger partial charge in [-0.05, 0) is 43.7 Å². The van der Waals surface area contributed by atoms with Gasteiger partial charge in [0.25, 0.3) is 5.91 Å². The number of amides is 3. The molecule has 41 heavy (non-hydrogen) atoms. The molecular formula is C32H44ClN3O5. The summed E-state index contributed by atoms with van der Waals surface area (Å²) in [5.74, 6) is -2.74. The number of carbonyl (C=O) groups is 3. The average molecular weight is 586 g/mol. The van der Waals surface area contributed by atoms with Gasteiger partial charge in [0, 0.05) is 20.1 Å². The van der Waals surface area contributed by atoms with Gasteiger partial charge in [0.1, 0.15) is 11.6 Å². The Balaban J connectivity index is 1.94. The van der Waals surface area contributed by atoms with Gasteiger partial charge in [-0.2, -0.15) is 0 Å². The molecule has 0 aliphatic carbocycles. The molecule has 3 amide bonds. The summed E-state index contributed by atoms with van der Waals surface area (Å²) in [6.07, 6.45) is 4.39. The number of carbonyl (C=O) groups excluding carboxylic acids is 3. The fraction of sp³-hybridized carbons (Fsp3) is 0.594. The first-order chi connectivity index (χ1) is 19.4. The first kappa shape index (κ1) is 31.3. The zero-order chi connectivity index (χ0) is 30.4. The molecule has 2 bridgehead atoms. The van der Waals surface area contributed by atoms with Crippen molar-refractivity contribution in [3.8, 4) is 0 Å². The van der Waals surface area contributed by atoms with Gasteiger partial charge >= 0.3 is 0 Å². The molecule has 8 atom stereocenters. The number of halogens is 1. The van der Waals surface area contributed by atoms with E-state index >= 15 is 0 Å². The van der Waals surface area contributed by atoms with Crippen molar-refractivity contribution in [3.63, 3.8) is 0 Å². The van der Waals surface area contributed by atoms with Gasteiger partial charge in [0.05, 0.1) is 40.8 Å². The minimum atomic E-state index is -1.24. The highest BCUT2D eigenvalue weighted by Crippen LogP contribution is 2.66. The summed E-state index contributed by atoms with van der Waals surface area (Å²) < 4.78 is 6.89. The first-order valence-electron chi connectivity index (χ1n) is 14.5. The van der Waals surface area contributed by atoms with Gasteiger partial charge in [-0.1, -0.05) is 63.1 Å². The van der Waals surface area contributed by atoms with Gasteiger partial charge < -0.3 is 24.5 Å². The van der Waals surface area contributed by atoms with Crippen molar-refractivity contribution in [2.45, 2.75) is 70.7 Å². The number of benzene rings is 1. The molecule has 0 radical (unpaired) electrons. The molecule has 3 fully saturated rings. The fourth-order valence-electron chi connectivity index (χ4n) is 7.56. The lowest BCUT2D eigenvalue weighted by atomic mass is 9.62. The molecule has 3 saturated heterocycles. The van der Waals surface area contributed by atoms with Crippen LogP contribution in [-0.2, 0) is 19.1 Å². The van der Waals surface area contributed by atoms with E-state index in [0.29, 0.717) is 30.1 Å². The smallest absolute Gasteiger partial charge is 0.253 e. The minimum Gasteiger partial charge on any atom is -0.394 e. The maximum absolute atomic E-state index is 14.9. The second-order valence-electron chi connectivity index (χ2n) is 12.2. The Bertz CT molecular complexity index is 1220. The molecule has 4 rings (SSSR count). The van der Waals surface area contributed by atoms with E-state index in [2.05, 4.69) is 13.2 Å². The van der Waals surface area contributed by atoms with Gasteiger partial charge in [0.2, 0.25) is 11.8 Å². The summed E-state index contributed by atoms with van der Waals surface area (Å²) in [5, 5.41) is 11.0. The highest BCUT2D eigenvalue weighted by molar-refractivity contribution is 6.34. The summed E-state index contributed by atoms with van der Waals surface area (Å²) >= 11 is 6.66. The third-order valence-electron chi connectivity index (χ3n) is 9.91. The number of nitrogens with zero attached hydrogens (tertiary/aromatic N) is 3. The van der Waals surface area contributed by atoms with Gasteiger partial charge in [-0.25, -0.2) is 0 Å². The Morgan fingerprint density at radius 3 is 2.49 bits per heavy atom. The van der Waals surface area contributed by atoms with Crippen LogP contribution in [0.4, 0.5) is 5.69 Å². The molecule has 1 aromatic carbocycles. The minimum absolute atomic E-state index is 0.0982. The lowest BCUT2D eigenvalue weighted by molar-refractivity contribution is -0.154. The molecule has 0 aromatic heterocycles. The van der Waals surface area contributed by atoms with Crippen LogP contribution in [0.3, 0.4) is 0 Å². The Hall–Kier alpha value is -2.68. The van der Waals surface area contributed by atoms with Gasteiger partial charge in [-0.15, -0.1) is 13.2 Å². The molecule has 3 aliphatic heterocycles. The quantitative estimate of drug-likeness (QED) is 0.393. The normalized spacial score (nSPS) is 31.5. The summed E-state index contributed by atoms with van der Waals surface area (Å²) in [6.45, 7) is 17.6. The van der Waals surface area contributed by atoms with Crippen LogP contribution in [0.5, 0.6) is 0 Å². The van der Waals surface area contributed by atoms with E-state index < -0.39 is 35.1 Å². The van der Waals surface area contributed by atoms with E-state index in [9.17, 15) is 19.5 Å². The average Bonchev–Trinajstić information content (AvgIpc) is 3.44. The number of hydrogen-bond donors (Lipinski definition) is 1. The number of aliphatic hydroxyl groups excluding tert-OH is 1. The van der Waals surface area contributed by atoms with Crippen molar-refractivity contribution >= 4 is 35.0 Å². The van der Waals surface area contributed by atoms with E-state index in [4.69, 9.17) is 16.3 Å². The number of likely N-dealkylation sites (N-methyl/N-ethyl adjacent to an activating group) is 1. The molecule has 3 unspecified atom stereocenters. The predicted octanol–water partition coefficient (Wildman–Crippen LogP) is 4.23. The molecule has 224 valence electrons. The summed E-state index contributed by atoms with van der Waals surface area (Å²) in [6, 6.07) is 3.74. The third kappa shape index (κ3) is 4.63. The third-order valence-corrected chi connectivity index (χ3v) is 10.2. The molecule has 3 aliphatic rings. The van der Waals surface area contributed by atoms with Crippen molar-refractivity contribution in [1.29, 1.82) is 0 Å². The SMILES string of the molecule is C=CCN(C)C(=O)[C@H]1[C@H]2C(=O)N([C@@H](CO)[C@@H](C)CC)C(C(=O)N(CC=C)c3c(C)cccc3Cl)C23CC(C)[C@]1(C)O3. The second-order valence-corrected chi connectivity index (χ2v) is 12.6. The monoisotopic (exact) mass is 585 g/mol. The van der Waals surface area contributed by atoms with Gasteiger partial charge in [0.15, 0.2) is 0 Å². The summed E-state index contributed by atoms with van der Waals surface area (Å²) in [4.78, 5) is 48.2. The number of fused-ring (bicyclic) bond motifs is 1. The van der Waals surface area contributed by atoms with Crippen LogP contribution in [-0.4, -0.2) is 82.7 Å². The topological polar surface area (TPSA) is 90.4 Å². The van der Waals surface area contributed by atoms with Crippen LogP contribution in [0.2, 0.25) is 5.02 Å². The van der Waals surface area contributed by atoms with Gasteiger partial charge in [-0.3, -0.25) is 14.4 Å². The maximum Gasteiger partial charge on any atom is 0.253 e. The van der Waals surface area contributed by atoms with E-state index in [0.717, 1.165) is 5.56 Å². The van der Waals surface area contributed by atoms with E-state index in [1.165, 1.54) is 0 Å². The number of para-hydroxylation sites is 1. The summed E-state index contributed by atoms with van der Waals surface area (Å²) in [7, 11) is 1.69. The largest absolute Gasteiger partial charge is 0.394 e. The number of ether oxygens (including phenoxy) is 1. The molecule has 1 N–H and O–H groups in total. The Morgan fingerprint density at radius 2 is 1.93 bits per heavy atom. The lowest BCUT2D eigenvalue weighted by Gasteiger charge is -2.41. The molecule has 9 heteroatoms. The number of aryl methyl sites for hydroxylation is 1. The van der Waals surface area contributed by atoms with E-state index in [1.807, 2.05) is 46.8 Å². The molecule has 8 nitrogen and oxygen atoms in total. The van der Waals surface area contributed by atoms with Crippen LogP contribution in [0.1, 0.15) is 46.1 Å². The molecule has 0 saturated carbocycles. The Kier molecular flexibility index (Phi) is 8.80. The standard InChI is InChI=1S/C32H44ClN3O5/c1-9-15-34(8)28(38)24-25-29(39)36(23(18-37)19(4)11-3)27(32(25)17-21(6)31(24,7)41-32)30(40)35(16-10-2)26-20(5)13-12-14-22(26)33/h9-10,12-14,19,21,23-25,27,37H,1-2,11,15-18H2,3-8H3/t19-,21?,23-,24+,25-,27?,31-,32?/m0/s1. The Labute approximate surface area is 248 Å². The van der Waals surface area contributed by atoms with Crippen molar-refractivity contribution in [2.24, 2.45) is 23.7 Å². The number of rotatable bonds is 11.